The lowest BCUT2D eigenvalue weighted by Crippen LogP contribution is -2.24. The number of hydrogen-bond acceptors (Lipinski definition) is 4. The fourth-order valence-electron chi connectivity index (χ4n) is 3.42. The minimum Gasteiger partial charge on any atom is -0.488 e. The van der Waals surface area contributed by atoms with Gasteiger partial charge in [-0.3, -0.25) is 9.59 Å². The summed E-state index contributed by atoms with van der Waals surface area (Å²) in [5, 5.41) is 9.07. The van der Waals surface area contributed by atoms with Crippen LogP contribution in [0.4, 0.5) is 5.69 Å². The van der Waals surface area contributed by atoms with Crippen LogP contribution >= 0.6 is 23.2 Å². The summed E-state index contributed by atoms with van der Waals surface area (Å²) in [5.41, 5.74) is 4.47. The van der Waals surface area contributed by atoms with E-state index >= 15 is 0 Å². The van der Waals surface area contributed by atoms with E-state index < -0.39 is 18.2 Å². The number of carbonyl (C=O) groups excluding carboxylic acids is 2. The molecule has 4 rings (SSSR count). The standard InChI is InChI=1S/C27H21Cl2N3O3/c28-22-11-6-12-23(27(22)29)31-25(33)15-26(34)32-30-16-21-20-10-5-4-9-19(20)13-14-24(21)35-17-18-7-2-1-3-8-18/h1-14,16H,15,17H2,(H,31,33)(H,32,34). The van der Waals surface area contributed by atoms with Gasteiger partial charge < -0.3 is 10.1 Å². The third-order valence-electron chi connectivity index (χ3n) is 5.10. The van der Waals surface area contributed by atoms with Gasteiger partial charge in [0.25, 0.3) is 0 Å². The number of carbonyl (C=O) groups is 2. The van der Waals surface area contributed by atoms with E-state index in [1.54, 1.807) is 18.2 Å². The van der Waals surface area contributed by atoms with E-state index in [4.69, 9.17) is 27.9 Å². The van der Waals surface area contributed by atoms with Gasteiger partial charge >= 0.3 is 0 Å². The number of anilines is 1. The number of benzene rings is 4. The first kappa shape index (κ1) is 24.3. The van der Waals surface area contributed by atoms with Gasteiger partial charge in [-0.15, -0.1) is 0 Å². The molecule has 0 aliphatic carbocycles. The number of rotatable bonds is 8. The molecule has 0 spiro atoms. The van der Waals surface area contributed by atoms with E-state index in [1.165, 1.54) is 6.21 Å². The van der Waals surface area contributed by atoms with Gasteiger partial charge in [0.2, 0.25) is 11.8 Å². The normalized spacial score (nSPS) is 10.9. The van der Waals surface area contributed by atoms with Crippen molar-refractivity contribution in [2.24, 2.45) is 5.10 Å². The monoisotopic (exact) mass is 505 g/mol. The van der Waals surface area contributed by atoms with Crippen molar-refractivity contribution in [1.82, 2.24) is 5.43 Å². The SMILES string of the molecule is O=C(CC(=O)Nc1cccc(Cl)c1Cl)NN=Cc1c(OCc2ccccc2)ccc2ccccc12. The molecule has 35 heavy (non-hydrogen) atoms. The number of nitrogens with zero attached hydrogens (tertiary/aromatic N) is 1. The highest BCUT2D eigenvalue weighted by molar-refractivity contribution is 6.44. The fraction of sp³-hybridized carbons (Fsp3) is 0.0741. The zero-order chi connectivity index (χ0) is 24.6. The Kier molecular flexibility index (Phi) is 7.98. The Balaban J connectivity index is 1.44. The zero-order valence-corrected chi connectivity index (χ0v) is 20.0. The number of hydrazone groups is 1. The molecule has 0 saturated carbocycles. The van der Waals surface area contributed by atoms with Crippen molar-refractivity contribution < 1.29 is 14.3 Å². The van der Waals surface area contributed by atoms with Crippen LogP contribution in [0.2, 0.25) is 10.0 Å². The molecule has 0 bridgehead atoms. The molecular formula is C27H21Cl2N3O3. The minimum atomic E-state index is -0.580. The summed E-state index contributed by atoms with van der Waals surface area (Å²) < 4.78 is 6.05. The number of ether oxygens (including phenoxy) is 1. The molecule has 0 aromatic heterocycles. The molecule has 0 aliphatic rings. The average Bonchev–Trinajstić information content (AvgIpc) is 2.86. The third-order valence-corrected chi connectivity index (χ3v) is 5.92. The molecule has 2 amide bonds. The smallest absolute Gasteiger partial charge is 0.249 e. The summed E-state index contributed by atoms with van der Waals surface area (Å²) in [5.74, 6) is -0.498. The zero-order valence-electron chi connectivity index (χ0n) is 18.5. The molecule has 176 valence electrons. The molecule has 6 nitrogen and oxygen atoms in total. The molecule has 0 unspecified atom stereocenters. The van der Waals surface area contributed by atoms with Crippen LogP contribution in [0.15, 0.2) is 90.0 Å². The van der Waals surface area contributed by atoms with Crippen molar-refractivity contribution in [1.29, 1.82) is 0 Å². The predicted octanol–water partition coefficient (Wildman–Crippen LogP) is 6.20. The van der Waals surface area contributed by atoms with Crippen LogP contribution in [0.1, 0.15) is 17.5 Å². The fourth-order valence-corrected chi connectivity index (χ4v) is 3.77. The first-order valence-corrected chi connectivity index (χ1v) is 11.5. The van der Waals surface area contributed by atoms with Crippen LogP contribution in [0.5, 0.6) is 5.75 Å². The molecule has 0 radical (unpaired) electrons. The number of amides is 2. The lowest BCUT2D eigenvalue weighted by molar-refractivity contribution is -0.126. The molecule has 2 N–H and O–H groups in total. The van der Waals surface area contributed by atoms with Crippen LogP contribution in [-0.4, -0.2) is 18.0 Å². The summed E-state index contributed by atoms with van der Waals surface area (Å²) >= 11 is 12.0. The molecule has 0 fully saturated rings. The van der Waals surface area contributed by atoms with Gasteiger partial charge in [0.15, 0.2) is 0 Å². The maximum absolute atomic E-state index is 12.3. The number of halogens is 2. The Morgan fingerprint density at radius 3 is 2.46 bits per heavy atom. The Hall–Kier alpha value is -3.87. The summed E-state index contributed by atoms with van der Waals surface area (Å²) in [4.78, 5) is 24.5. The van der Waals surface area contributed by atoms with Crippen LogP contribution in [0.25, 0.3) is 10.8 Å². The van der Waals surface area contributed by atoms with Crippen molar-refractivity contribution in [3.8, 4) is 5.75 Å². The van der Waals surface area contributed by atoms with Crippen LogP contribution < -0.4 is 15.5 Å². The van der Waals surface area contributed by atoms with E-state index in [9.17, 15) is 9.59 Å². The van der Waals surface area contributed by atoms with E-state index in [1.807, 2.05) is 66.7 Å². The van der Waals surface area contributed by atoms with Gasteiger partial charge in [-0.25, -0.2) is 5.43 Å². The van der Waals surface area contributed by atoms with Crippen molar-refractivity contribution in [2.45, 2.75) is 13.0 Å². The van der Waals surface area contributed by atoms with Gasteiger partial charge in [-0.1, -0.05) is 89.9 Å². The minimum absolute atomic E-state index is 0.208. The molecule has 4 aromatic rings. The van der Waals surface area contributed by atoms with Gasteiger partial charge in [0, 0.05) is 5.56 Å². The maximum atomic E-state index is 12.3. The van der Waals surface area contributed by atoms with Gasteiger partial charge in [0.05, 0.1) is 21.9 Å². The molecule has 0 heterocycles. The largest absolute Gasteiger partial charge is 0.488 e. The lowest BCUT2D eigenvalue weighted by atomic mass is 10.0. The third kappa shape index (κ3) is 6.38. The van der Waals surface area contributed by atoms with Gasteiger partial charge in [-0.05, 0) is 34.5 Å². The summed E-state index contributed by atoms with van der Waals surface area (Å²) in [7, 11) is 0. The first-order valence-electron chi connectivity index (χ1n) is 10.8. The second-order valence-corrected chi connectivity index (χ2v) is 8.38. The number of nitrogens with one attached hydrogen (secondary N) is 2. The number of hydrogen-bond donors (Lipinski definition) is 2. The van der Waals surface area contributed by atoms with Crippen molar-refractivity contribution in [2.75, 3.05) is 5.32 Å². The predicted molar refractivity (Wildman–Crippen MR) is 140 cm³/mol. The maximum Gasteiger partial charge on any atom is 0.249 e. The molecule has 0 aliphatic heterocycles. The van der Waals surface area contributed by atoms with Crippen molar-refractivity contribution in [3.05, 3.63) is 106 Å². The lowest BCUT2D eigenvalue weighted by Gasteiger charge is -2.12. The van der Waals surface area contributed by atoms with E-state index in [0.717, 1.165) is 21.9 Å². The first-order chi connectivity index (χ1) is 17.0. The van der Waals surface area contributed by atoms with Crippen LogP contribution in [0.3, 0.4) is 0 Å². The summed E-state index contributed by atoms with van der Waals surface area (Å²) in [6.07, 6.45) is 1.08. The number of fused-ring (bicyclic) bond motifs is 1. The van der Waals surface area contributed by atoms with Crippen LogP contribution in [-0.2, 0) is 16.2 Å². The Bertz CT molecular complexity index is 1390. The highest BCUT2D eigenvalue weighted by Gasteiger charge is 2.13. The van der Waals surface area contributed by atoms with Gasteiger partial charge in [0.1, 0.15) is 18.8 Å². The van der Waals surface area contributed by atoms with E-state index in [-0.39, 0.29) is 5.02 Å². The Morgan fingerprint density at radius 2 is 1.63 bits per heavy atom. The Morgan fingerprint density at radius 1 is 0.857 bits per heavy atom. The second kappa shape index (κ2) is 11.5. The highest BCUT2D eigenvalue weighted by atomic mass is 35.5. The Labute approximate surface area is 212 Å². The van der Waals surface area contributed by atoms with Crippen molar-refractivity contribution in [3.63, 3.8) is 0 Å². The van der Waals surface area contributed by atoms with E-state index in [0.29, 0.717) is 23.1 Å². The van der Waals surface area contributed by atoms with Crippen molar-refractivity contribution >= 4 is 57.7 Å². The molecule has 0 atom stereocenters. The topological polar surface area (TPSA) is 79.8 Å². The highest BCUT2D eigenvalue weighted by Crippen LogP contribution is 2.30. The molecule has 0 saturated heterocycles. The summed E-state index contributed by atoms with van der Waals surface area (Å²) in [6.45, 7) is 0.388. The summed E-state index contributed by atoms with van der Waals surface area (Å²) in [6, 6.07) is 26.3. The second-order valence-electron chi connectivity index (χ2n) is 7.59. The quantitative estimate of drug-likeness (QED) is 0.170. The molecule has 8 heteroatoms. The molecule has 4 aromatic carbocycles. The van der Waals surface area contributed by atoms with Gasteiger partial charge in [-0.2, -0.15) is 5.10 Å². The molecular weight excluding hydrogens is 485 g/mol. The van der Waals surface area contributed by atoms with Crippen LogP contribution in [0, 0.1) is 0 Å². The average molecular weight is 506 g/mol. The van der Waals surface area contributed by atoms with E-state index in [2.05, 4.69) is 15.8 Å².